The predicted molar refractivity (Wildman–Crippen MR) is 71.2 cm³/mol. The van der Waals surface area contributed by atoms with Crippen molar-refractivity contribution >= 4 is 10.1 Å². The molecule has 0 radical (unpaired) electrons. The van der Waals surface area contributed by atoms with Gasteiger partial charge in [-0.15, -0.1) is 0 Å². The summed E-state index contributed by atoms with van der Waals surface area (Å²) in [5.74, 6) is 0. The van der Waals surface area contributed by atoms with Gasteiger partial charge < -0.3 is 9.84 Å². The van der Waals surface area contributed by atoms with Crippen molar-refractivity contribution in [2.75, 3.05) is 19.5 Å². The molecule has 0 bridgehead atoms. The zero-order valence-corrected chi connectivity index (χ0v) is 11.9. The molecule has 21 heavy (non-hydrogen) atoms. The molecule has 9 nitrogen and oxygen atoms in total. The van der Waals surface area contributed by atoms with Gasteiger partial charge in [0, 0.05) is 12.3 Å². The Balaban J connectivity index is 2.20. The van der Waals surface area contributed by atoms with E-state index in [2.05, 4.69) is 9.17 Å². The molecule has 2 heterocycles. The summed E-state index contributed by atoms with van der Waals surface area (Å²) in [5, 5.41) is 9.40. The summed E-state index contributed by atoms with van der Waals surface area (Å²) < 4.78 is 33.2. The number of aliphatic hydroxyl groups is 1. The average Bonchev–Trinajstić information content (AvgIpc) is 2.81. The summed E-state index contributed by atoms with van der Waals surface area (Å²) in [6.07, 6.45) is 4.11. The van der Waals surface area contributed by atoms with E-state index in [4.69, 9.17) is 4.74 Å². The lowest BCUT2D eigenvalue weighted by Crippen LogP contribution is -2.40. The highest BCUT2D eigenvalue weighted by molar-refractivity contribution is 7.85. The minimum absolute atomic E-state index is 0.423. The molecule has 0 saturated carbocycles. The largest absolute Gasteiger partial charge is 0.393 e. The molecule has 1 aliphatic rings. The first-order valence-electron chi connectivity index (χ1n) is 5.89. The van der Waals surface area contributed by atoms with Crippen LogP contribution in [0.1, 0.15) is 6.23 Å². The third-order valence-electron chi connectivity index (χ3n) is 2.83. The number of aromatic nitrogens is 2. The van der Waals surface area contributed by atoms with Gasteiger partial charge in [0.1, 0.15) is 12.2 Å². The Morgan fingerprint density at radius 2 is 2.24 bits per heavy atom. The van der Waals surface area contributed by atoms with Crippen LogP contribution in [0.3, 0.4) is 0 Å². The van der Waals surface area contributed by atoms with Crippen LogP contribution in [0.4, 0.5) is 0 Å². The topological polar surface area (TPSA) is 128 Å². The van der Waals surface area contributed by atoms with Gasteiger partial charge in [-0.3, -0.25) is 18.5 Å². The number of nitrogens with zero attached hydrogens (tertiary/aromatic N) is 1. The number of rotatable bonds is 5. The second-order valence-corrected chi connectivity index (χ2v) is 6.22. The monoisotopic (exact) mass is 318 g/mol. The van der Waals surface area contributed by atoms with E-state index < -0.39 is 46.4 Å². The molecule has 116 valence electrons. The molecule has 0 unspecified atom stereocenters. The summed E-state index contributed by atoms with van der Waals surface area (Å²) >= 11 is 0. The van der Waals surface area contributed by atoms with Crippen LogP contribution in [-0.4, -0.2) is 48.1 Å². The molecule has 0 aliphatic carbocycles. The molecule has 0 fully saturated rings. The normalized spacial score (nSPS) is 25.3. The number of aliphatic hydroxyl groups excluding tert-OH is 1. The maximum absolute atomic E-state index is 11.6. The Hall–Kier alpha value is -1.75. The van der Waals surface area contributed by atoms with E-state index in [1.54, 1.807) is 0 Å². The number of H-pyrrole nitrogens is 1. The van der Waals surface area contributed by atoms with Gasteiger partial charge in [-0.1, -0.05) is 0 Å². The predicted octanol–water partition coefficient (Wildman–Crippen LogP) is -1.67. The van der Waals surface area contributed by atoms with Crippen molar-refractivity contribution in [3.63, 3.8) is 0 Å². The minimum atomic E-state index is -3.70. The van der Waals surface area contributed by atoms with E-state index in [1.807, 2.05) is 0 Å². The summed E-state index contributed by atoms with van der Waals surface area (Å²) in [5.41, 5.74) is -2.61. The standard InChI is InChI=1S/C11H14N2O7S/c1-21(17,18)19-7-11(6-14)4-2-9(20-11)13-5-3-8(15)12-10(13)16/h2-5,9,14H,6-7H2,1H3,(H,12,15,16)/t9-,11+/m1/s1. The Morgan fingerprint density at radius 1 is 1.52 bits per heavy atom. The van der Waals surface area contributed by atoms with Gasteiger partial charge in [-0.2, -0.15) is 8.42 Å². The summed E-state index contributed by atoms with van der Waals surface area (Å²) in [6, 6.07) is 1.14. The highest BCUT2D eigenvalue weighted by Crippen LogP contribution is 2.29. The van der Waals surface area contributed by atoms with Crippen molar-refractivity contribution in [2.24, 2.45) is 0 Å². The van der Waals surface area contributed by atoms with Crippen molar-refractivity contribution in [2.45, 2.75) is 11.8 Å². The number of aromatic amines is 1. The van der Waals surface area contributed by atoms with Crippen molar-refractivity contribution < 1.29 is 22.4 Å². The first-order chi connectivity index (χ1) is 9.75. The third kappa shape index (κ3) is 3.67. The fourth-order valence-electron chi connectivity index (χ4n) is 1.78. The fraction of sp³-hybridized carbons (Fsp3) is 0.455. The molecule has 0 aromatic carbocycles. The van der Waals surface area contributed by atoms with Gasteiger partial charge >= 0.3 is 5.69 Å². The van der Waals surface area contributed by atoms with Crippen LogP contribution in [0.15, 0.2) is 34.0 Å². The number of nitrogens with one attached hydrogen (secondary N) is 1. The van der Waals surface area contributed by atoms with Crippen molar-refractivity contribution in [3.05, 3.63) is 45.3 Å². The van der Waals surface area contributed by atoms with Crippen molar-refractivity contribution in [3.8, 4) is 0 Å². The molecule has 1 aromatic rings. The van der Waals surface area contributed by atoms with Gasteiger partial charge in [-0.05, 0) is 12.2 Å². The van der Waals surface area contributed by atoms with Crippen molar-refractivity contribution in [1.82, 2.24) is 9.55 Å². The SMILES string of the molecule is CS(=O)(=O)OC[C@@]1(CO)C=C[C@H](n2ccc(=O)[nH]c2=O)O1. The van der Waals surface area contributed by atoms with Crippen LogP contribution >= 0.6 is 0 Å². The smallest absolute Gasteiger partial charge is 0.330 e. The molecular weight excluding hydrogens is 304 g/mol. The summed E-state index contributed by atoms with van der Waals surface area (Å²) in [6.45, 7) is -0.957. The first-order valence-corrected chi connectivity index (χ1v) is 7.70. The van der Waals surface area contributed by atoms with E-state index >= 15 is 0 Å². The lowest BCUT2D eigenvalue weighted by atomic mass is 10.1. The summed E-state index contributed by atoms with van der Waals surface area (Å²) in [7, 11) is -3.70. The number of ether oxygens (including phenoxy) is 1. The highest BCUT2D eigenvalue weighted by Gasteiger charge is 2.37. The Morgan fingerprint density at radius 3 is 2.81 bits per heavy atom. The van der Waals surface area contributed by atoms with E-state index in [0.717, 1.165) is 16.9 Å². The van der Waals surface area contributed by atoms with E-state index in [1.165, 1.54) is 18.3 Å². The highest BCUT2D eigenvalue weighted by atomic mass is 32.2. The zero-order valence-electron chi connectivity index (χ0n) is 11.1. The second-order valence-electron chi connectivity index (χ2n) is 4.57. The first kappa shape index (κ1) is 15.6. The van der Waals surface area contributed by atoms with Gasteiger partial charge in [0.05, 0.1) is 12.9 Å². The van der Waals surface area contributed by atoms with Gasteiger partial charge in [0.15, 0.2) is 6.23 Å². The molecule has 1 aliphatic heterocycles. The molecular formula is C11H14N2O7S. The van der Waals surface area contributed by atoms with Gasteiger partial charge in [-0.25, -0.2) is 4.79 Å². The minimum Gasteiger partial charge on any atom is -0.393 e. The summed E-state index contributed by atoms with van der Waals surface area (Å²) in [4.78, 5) is 24.7. The number of hydrogen-bond donors (Lipinski definition) is 2. The molecule has 10 heteroatoms. The van der Waals surface area contributed by atoms with Crippen LogP contribution in [-0.2, 0) is 19.0 Å². The lowest BCUT2D eigenvalue weighted by Gasteiger charge is -2.26. The Labute approximate surface area is 119 Å². The van der Waals surface area contributed by atoms with E-state index in [9.17, 15) is 23.1 Å². The molecule has 2 rings (SSSR count). The van der Waals surface area contributed by atoms with Gasteiger partial charge in [0.25, 0.3) is 15.7 Å². The quantitative estimate of drug-likeness (QED) is 0.490. The molecule has 2 N–H and O–H groups in total. The van der Waals surface area contributed by atoms with Crippen LogP contribution < -0.4 is 11.2 Å². The maximum atomic E-state index is 11.6. The zero-order chi connectivity index (χ0) is 15.7. The Kier molecular flexibility index (Phi) is 4.14. The second kappa shape index (κ2) is 5.56. The molecule has 1 aromatic heterocycles. The van der Waals surface area contributed by atoms with Crippen LogP contribution in [0.2, 0.25) is 0 Å². The van der Waals surface area contributed by atoms with E-state index in [0.29, 0.717) is 0 Å². The average molecular weight is 318 g/mol. The van der Waals surface area contributed by atoms with Crippen LogP contribution in [0.5, 0.6) is 0 Å². The lowest BCUT2D eigenvalue weighted by molar-refractivity contribution is -0.102. The maximum Gasteiger partial charge on any atom is 0.330 e. The Bertz CT molecular complexity index is 763. The molecule has 2 atom stereocenters. The number of hydrogen-bond acceptors (Lipinski definition) is 7. The molecule has 0 saturated heterocycles. The molecule has 0 spiro atoms. The van der Waals surface area contributed by atoms with E-state index in [-0.39, 0.29) is 0 Å². The van der Waals surface area contributed by atoms with Crippen molar-refractivity contribution in [1.29, 1.82) is 0 Å². The fourth-order valence-corrected chi connectivity index (χ4v) is 2.19. The third-order valence-corrected chi connectivity index (χ3v) is 3.38. The molecule has 0 amide bonds. The van der Waals surface area contributed by atoms with Crippen LogP contribution in [0.25, 0.3) is 0 Å². The van der Waals surface area contributed by atoms with Crippen LogP contribution in [0, 0.1) is 0 Å². The van der Waals surface area contributed by atoms with Gasteiger partial charge in [0.2, 0.25) is 0 Å².